The number of pyridine rings is 2. The molecule has 1 aliphatic carbocycles. The van der Waals surface area contributed by atoms with E-state index in [4.69, 9.17) is 15.5 Å². The number of halogens is 1. The zero-order valence-electron chi connectivity index (χ0n) is 17.8. The normalized spacial score (nSPS) is 23.0. The van der Waals surface area contributed by atoms with Crippen molar-refractivity contribution < 1.29 is 19.0 Å². The quantitative estimate of drug-likeness (QED) is 0.443. The number of aliphatic hydroxyl groups is 1. The van der Waals surface area contributed by atoms with Gasteiger partial charge in [-0.05, 0) is 48.9 Å². The van der Waals surface area contributed by atoms with E-state index in [0.29, 0.717) is 41.9 Å². The van der Waals surface area contributed by atoms with E-state index in [2.05, 4.69) is 0 Å². The number of carbonyl (C=O) groups is 1. The average molecular weight is 435 g/mol. The van der Waals surface area contributed by atoms with Gasteiger partial charge >= 0.3 is 5.97 Å². The van der Waals surface area contributed by atoms with Crippen molar-refractivity contribution in [1.29, 1.82) is 0 Å². The largest absolute Gasteiger partial charge is 0.458 e. The summed E-state index contributed by atoms with van der Waals surface area (Å²) in [5.74, 6) is -1.09. The molecule has 0 fully saturated rings. The number of hydrogen-bond acceptors (Lipinski definition) is 6. The van der Waals surface area contributed by atoms with Gasteiger partial charge in [0.05, 0.1) is 29.0 Å². The Kier molecular flexibility index (Phi) is 3.81. The molecule has 0 saturated heterocycles. The van der Waals surface area contributed by atoms with Crippen molar-refractivity contribution in [3.8, 4) is 11.4 Å². The van der Waals surface area contributed by atoms with Crippen LogP contribution in [-0.4, -0.2) is 26.7 Å². The third kappa shape index (κ3) is 2.28. The van der Waals surface area contributed by atoms with Gasteiger partial charge in [-0.25, -0.2) is 14.2 Å². The van der Waals surface area contributed by atoms with Crippen molar-refractivity contribution in [3.63, 3.8) is 0 Å². The van der Waals surface area contributed by atoms with Crippen molar-refractivity contribution >= 4 is 16.9 Å². The third-order valence-electron chi connectivity index (χ3n) is 7.35. The topological polar surface area (TPSA) is 107 Å². The fourth-order valence-corrected chi connectivity index (χ4v) is 5.56. The van der Waals surface area contributed by atoms with Gasteiger partial charge in [0.1, 0.15) is 12.4 Å². The Bertz CT molecular complexity index is 1440. The zero-order chi connectivity index (χ0) is 22.5. The number of aromatic nitrogens is 2. The average Bonchev–Trinajstić information content (AvgIpc) is 3.14. The first-order valence-electron chi connectivity index (χ1n) is 10.8. The lowest BCUT2D eigenvalue weighted by Gasteiger charge is -2.31. The molecule has 8 heteroatoms. The summed E-state index contributed by atoms with van der Waals surface area (Å²) >= 11 is 0. The molecule has 0 saturated carbocycles. The highest BCUT2D eigenvalue weighted by atomic mass is 19.1. The maximum atomic E-state index is 14.7. The number of fused-ring (bicyclic) bond motifs is 5. The third-order valence-corrected chi connectivity index (χ3v) is 7.35. The Morgan fingerprint density at radius 3 is 2.75 bits per heavy atom. The van der Waals surface area contributed by atoms with E-state index in [1.807, 2.05) is 0 Å². The van der Waals surface area contributed by atoms with Crippen LogP contribution in [-0.2, 0) is 41.1 Å². The maximum absolute atomic E-state index is 14.7. The molecule has 0 spiro atoms. The minimum absolute atomic E-state index is 0.0771. The number of benzene rings is 1. The van der Waals surface area contributed by atoms with E-state index in [1.165, 1.54) is 6.07 Å². The van der Waals surface area contributed by atoms with E-state index in [-0.39, 0.29) is 41.6 Å². The minimum Gasteiger partial charge on any atom is -0.458 e. The monoisotopic (exact) mass is 435 g/mol. The van der Waals surface area contributed by atoms with Crippen molar-refractivity contribution in [1.82, 2.24) is 9.55 Å². The second-order valence-electron chi connectivity index (χ2n) is 9.04. The van der Waals surface area contributed by atoms with Crippen molar-refractivity contribution in [2.75, 3.05) is 0 Å². The number of rotatable bonds is 1. The molecule has 0 amide bonds. The Balaban J connectivity index is 1.68. The lowest BCUT2D eigenvalue weighted by Crippen LogP contribution is -2.44. The Morgan fingerprint density at radius 2 is 2.00 bits per heavy atom. The van der Waals surface area contributed by atoms with Crippen LogP contribution in [0.25, 0.3) is 22.3 Å². The van der Waals surface area contributed by atoms with E-state index in [9.17, 15) is 19.1 Å². The highest BCUT2D eigenvalue weighted by Gasteiger charge is 2.45. The van der Waals surface area contributed by atoms with Gasteiger partial charge in [-0.15, -0.1) is 0 Å². The standard InChI is InChI=1S/C24H22FN3O4/c1-3-24(31)16-6-19-21-14(8-28(19)22(29)15(16)9-32-23(24)30)13-5-11(26)4-12-10(2)17(25)7-18(27-21)20(12)13/h6-7,11,31H,3-5,8-9,26H2,1-2H3. The Hall–Kier alpha value is -3.10. The highest BCUT2D eigenvalue weighted by Crippen LogP contribution is 2.43. The molecule has 2 atom stereocenters. The van der Waals surface area contributed by atoms with Crippen LogP contribution in [0.3, 0.4) is 0 Å². The van der Waals surface area contributed by atoms with Gasteiger partial charge in [-0.1, -0.05) is 6.92 Å². The maximum Gasteiger partial charge on any atom is 0.343 e. The molecule has 164 valence electrons. The summed E-state index contributed by atoms with van der Waals surface area (Å²) in [5, 5.41) is 11.9. The second-order valence-corrected chi connectivity index (χ2v) is 9.04. The van der Waals surface area contributed by atoms with Crippen LogP contribution in [0, 0.1) is 12.7 Å². The molecule has 3 aromatic rings. The molecule has 2 aliphatic heterocycles. The van der Waals surface area contributed by atoms with Crippen LogP contribution in [0.5, 0.6) is 0 Å². The molecule has 7 nitrogen and oxygen atoms in total. The molecular formula is C24H22FN3O4. The Morgan fingerprint density at radius 1 is 1.25 bits per heavy atom. The fraction of sp³-hybridized carbons (Fsp3) is 0.375. The van der Waals surface area contributed by atoms with Crippen LogP contribution in [0.15, 0.2) is 16.9 Å². The van der Waals surface area contributed by atoms with Crippen LogP contribution in [0.1, 0.15) is 46.7 Å². The van der Waals surface area contributed by atoms with Gasteiger partial charge in [0.15, 0.2) is 5.60 Å². The number of nitrogens with two attached hydrogens (primary N) is 1. The van der Waals surface area contributed by atoms with Crippen LogP contribution >= 0.6 is 0 Å². The van der Waals surface area contributed by atoms with Crippen molar-refractivity contribution in [3.05, 3.63) is 61.7 Å². The molecule has 1 aromatic carbocycles. The van der Waals surface area contributed by atoms with Gasteiger partial charge < -0.3 is 20.1 Å². The van der Waals surface area contributed by atoms with Crippen molar-refractivity contribution in [2.45, 2.75) is 57.9 Å². The first-order valence-corrected chi connectivity index (χ1v) is 10.8. The van der Waals surface area contributed by atoms with Gasteiger partial charge in [-0.2, -0.15) is 0 Å². The summed E-state index contributed by atoms with van der Waals surface area (Å²) in [6, 6.07) is 2.96. The van der Waals surface area contributed by atoms with Crippen molar-refractivity contribution in [2.24, 2.45) is 5.73 Å². The molecule has 3 aliphatic rings. The highest BCUT2D eigenvalue weighted by molar-refractivity contribution is 5.93. The fourth-order valence-electron chi connectivity index (χ4n) is 5.56. The molecule has 4 heterocycles. The molecule has 3 N–H and O–H groups in total. The second kappa shape index (κ2) is 6.24. The van der Waals surface area contributed by atoms with Crippen LogP contribution in [0.2, 0.25) is 0 Å². The van der Waals surface area contributed by atoms with Crippen LogP contribution in [0.4, 0.5) is 4.39 Å². The lowest BCUT2D eigenvalue weighted by atomic mass is 9.82. The van der Waals surface area contributed by atoms with E-state index in [0.717, 1.165) is 22.1 Å². The summed E-state index contributed by atoms with van der Waals surface area (Å²) in [4.78, 5) is 30.5. The van der Waals surface area contributed by atoms with E-state index in [1.54, 1.807) is 24.5 Å². The predicted molar refractivity (Wildman–Crippen MR) is 115 cm³/mol. The summed E-state index contributed by atoms with van der Waals surface area (Å²) in [6.45, 7) is 3.57. The zero-order valence-corrected chi connectivity index (χ0v) is 17.8. The molecule has 0 radical (unpaired) electrons. The first-order chi connectivity index (χ1) is 15.2. The number of ether oxygens (including phenoxy) is 1. The number of esters is 1. The predicted octanol–water partition coefficient (Wildman–Crippen LogP) is 1.95. The summed E-state index contributed by atoms with van der Waals surface area (Å²) in [5.41, 5.74) is 9.69. The van der Waals surface area contributed by atoms with Gasteiger partial charge in [-0.3, -0.25) is 4.79 Å². The molecular weight excluding hydrogens is 413 g/mol. The first kappa shape index (κ1) is 19.6. The smallest absolute Gasteiger partial charge is 0.343 e. The van der Waals surface area contributed by atoms with Gasteiger partial charge in [0, 0.05) is 28.6 Å². The van der Waals surface area contributed by atoms with E-state index < -0.39 is 11.6 Å². The summed E-state index contributed by atoms with van der Waals surface area (Å²) < 4.78 is 21.4. The lowest BCUT2D eigenvalue weighted by molar-refractivity contribution is -0.172. The van der Waals surface area contributed by atoms with Gasteiger partial charge in [0.25, 0.3) is 5.56 Å². The molecule has 0 bridgehead atoms. The summed E-state index contributed by atoms with van der Waals surface area (Å²) in [6.07, 6.45) is 1.27. The molecule has 2 unspecified atom stereocenters. The molecule has 6 rings (SSSR count). The minimum atomic E-state index is -1.88. The summed E-state index contributed by atoms with van der Waals surface area (Å²) in [7, 11) is 0. The molecule has 2 aromatic heterocycles. The number of carbonyl (C=O) groups excluding carboxylic acids is 1. The van der Waals surface area contributed by atoms with Gasteiger partial charge in [0.2, 0.25) is 0 Å². The number of cyclic esters (lactones) is 1. The SMILES string of the molecule is CCC1(O)C(=O)OCc2c1cc1n(c2=O)Cc2c-1nc1cc(F)c(C)c3c1c2CC(N)C3. The number of nitrogens with zero attached hydrogens (tertiary/aromatic N) is 2. The number of hydrogen-bond donors (Lipinski definition) is 2. The van der Waals surface area contributed by atoms with Crippen LogP contribution < -0.4 is 11.3 Å². The van der Waals surface area contributed by atoms with E-state index >= 15 is 0 Å². The molecule has 32 heavy (non-hydrogen) atoms. The Labute approximate surface area is 182 Å².